The third-order valence-corrected chi connectivity index (χ3v) is 3.95. The van der Waals surface area contributed by atoms with Crippen LogP contribution in [0.1, 0.15) is 23.1 Å². The molecule has 1 aromatic carbocycles. The van der Waals surface area contributed by atoms with Gasteiger partial charge in [0.15, 0.2) is 11.6 Å². The number of aryl methyl sites for hydroxylation is 2. The second-order valence-electron chi connectivity index (χ2n) is 5.85. The Bertz CT molecular complexity index is 942. The molecular formula is C18H16N4O3. The van der Waals surface area contributed by atoms with Crippen molar-refractivity contribution in [3.63, 3.8) is 0 Å². The Labute approximate surface area is 143 Å². The minimum Gasteiger partial charge on any atom is -0.360 e. The van der Waals surface area contributed by atoms with Crippen molar-refractivity contribution in [3.05, 3.63) is 71.3 Å². The van der Waals surface area contributed by atoms with Crippen molar-refractivity contribution in [1.29, 1.82) is 0 Å². The number of rotatable bonds is 4. The van der Waals surface area contributed by atoms with Gasteiger partial charge in [-0.3, -0.25) is 9.69 Å². The number of hydrogen-bond acceptors (Lipinski definition) is 6. The fourth-order valence-corrected chi connectivity index (χ4v) is 2.83. The van der Waals surface area contributed by atoms with Gasteiger partial charge in [0.05, 0.1) is 6.04 Å². The van der Waals surface area contributed by atoms with Crippen molar-refractivity contribution in [2.24, 2.45) is 0 Å². The van der Waals surface area contributed by atoms with Gasteiger partial charge in [0.1, 0.15) is 17.2 Å². The van der Waals surface area contributed by atoms with Crippen LogP contribution in [0.3, 0.4) is 0 Å². The summed E-state index contributed by atoms with van der Waals surface area (Å²) in [5.41, 5.74) is 1.40. The van der Waals surface area contributed by atoms with Crippen molar-refractivity contribution >= 4 is 17.5 Å². The first-order valence-corrected chi connectivity index (χ1v) is 7.86. The van der Waals surface area contributed by atoms with Gasteiger partial charge in [0.2, 0.25) is 0 Å². The summed E-state index contributed by atoms with van der Waals surface area (Å²) in [6, 6.07) is 12.9. The highest BCUT2D eigenvalue weighted by Gasteiger charge is 2.36. The summed E-state index contributed by atoms with van der Waals surface area (Å²) in [5, 5.41) is 10.9. The van der Waals surface area contributed by atoms with E-state index in [0.29, 0.717) is 28.9 Å². The average molecular weight is 336 g/mol. The van der Waals surface area contributed by atoms with E-state index < -0.39 is 0 Å². The van der Waals surface area contributed by atoms with Crippen LogP contribution in [0.25, 0.3) is 0 Å². The predicted molar refractivity (Wildman–Crippen MR) is 90.9 cm³/mol. The standard InChI is InChI=1S/C18H16N4O3/c1-11-8-16(20-24-11)19-14-10-15(13-6-4-3-5-7-13)22(18(14)23)17-9-12(2)25-21-17/h3-10,15H,1-2H3,(H,19,20). The molecule has 1 N–H and O–H groups in total. The molecule has 0 fully saturated rings. The van der Waals surface area contributed by atoms with E-state index in [-0.39, 0.29) is 11.9 Å². The molecule has 0 bridgehead atoms. The van der Waals surface area contributed by atoms with Crippen LogP contribution in [-0.4, -0.2) is 16.2 Å². The molecule has 25 heavy (non-hydrogen) atoms. The Morgan fingerprint density at radius 3 is 2.40 bits per heavy atom. The van der Waals surface area contributed by atoms with Crippen LogP contribution in [0.5, 0.6) is 0 Å². The van der Waals surface area contributed by atoms with Crippen LogP contribution in [0.4, 0.5) is 11.6 Å². The molecule has 0 spiro atoms. The van der Waals surface area contributed by atoms with Gasteiger partial charge in [-0.25, -0.2) is 0 Å². The number of carbonyl (C=O) groups is 1. The highest BCUT2D eigenvalue weighted by molar-refractivity contribution is 6.10. The molecular weight excluding hydrogens is 320 g/mol. The van der Waals surface area contributed by atoms with Gasteiger partial charge in [-0.1, -0.05) is 40.6 Å². The van der Waals surface area contributed by atoms with Crippen LogP contribution in [-0.2, 0) is 4.79 Å². The Morgan fingerprint density at radius 1 is 1.04 bits per heavy atom. The first-order valence-electron chi connectivity index (χ1n) is 7.86. The van der Waals surface area contributed by atoms with Crippen LogP contribution in [0.15, 0.2) is 63.3 Å². The maximum atomic E-state index is 13.0. The summed E-state index contributed by atoms with van der Waals surface area (Å²) in [6.07, 6.45) is 1.85. The molecule has 3 aromatic rings. The molecule has 3 heterocycles. The second kappa shape index (κ2) is 5.94. The van der Waals surface area contributed by atoms with E-state index in [4.69, 9.17) is 9.05 Å². The number of hydrogen-bond donors (Lipinski definition) is 1. The lowest BCUT2D eigenvalue weighted by molar-refractivity contribution is -0.114. The smallest absolute Gasteiger partial charge is 0.276 e. The topological polar surface area (TPSA) is 84.4 Å². The predicted octanol–water partition coefficient (Wildman–Crippen LogP) is 3.36. The zero-order valence-corrected chi connectivity index (χ0v) is 13.8. The van der Waals surface area contributed by atoms with Crippen molar-refractivity contribution < 1.29 is 13.8 Å². The monoisotopic (exact) mass is 336 g/mol. The summed E-state index contributed by atoms with van der Waals surface area (Å²) in [4.78, 5) is 14.6. The normalized spacial score (nSPS) is 17.0. The van der Waals surface area contributed by atoms with Crippen molar-refractivity contribution in [2.45, 2.75) is 19.9 Å². The summed E-state index contributed by atoms with van der Waals surface area (Å²) >= 11 is 0. The number of anilines is 2. The molecule has 7 heteroatoms. The van der Waals surface area contributed by atoms with E-state index in [9.17, 15) is 4.79 Å². The highest BCUT2D eigenvalue weighted by Crippen LogP contribution is 2.35. The van der Waals surface area contributed by atoms with Crippen LogP contribution >= 0.6 is 0 Å². The quantitative estimate of drug-likeness (QED) is 0.786. The summed E-state index contributed by atoms with van der Waals surface area (Å²) < 4.78 is 10.2. The zero-order chi connectivity index (χ0) is 17.4. The van der Waals surface area contributed by atoms with E-state index >= 15 is 0 Å². The molecule has 1 aliphatic rings. The van der Waals surface area contributed by atoms with Gasteiger partial charge in [0.25, 0.3) is 5.91 Å². The molecule has 0 aliphatic carbocycles. The number of carbonyl (C=O) groups excluding carboxylic acids is 1. The number of aromatic nitrogens is 2. The Hall–Kier alpha value is -3.35. The molecule has 0 saturated heterocycles. The molecule has 0 radical (unpaired) electrons. The molecule has 1 unspecified atom stereocenters. The third kappa shape index (κ3) is 2.80. The second-order valence-corrected chi connectivity index (χ2v) is 5.85. The lowest BCUT2D eigenvalue weighted by atomic mass is 10.1. The maximum Gasteiger partial charge on any atom is 0.276 e. The zero-order valence-electron chi connectivity index (χ0n) is 13.8. The molecule has 1 atom stereocenters. The summed E-state index contributed by atoms with van der Waals surface area (Å²) in [5.74, 6) is 2.06. The van der Waals surface area contributed by atoms with E-state index in [1.54, 1.807) is 30.9 Å². The van der Waals surface area contributed by atoms with Gasteiger partial charge >= 0.3 is 0 Å². The van der Waals surface area contributed by atoms with Crippen LogP contribution in [0.2, 0.25) is 0 Å². The molecule has 7 nitrogen and oxygen atoms in total. The fourth-order valence-electron chi connectivity index (χ4n) is 2.83. The molecule has 126 valence electrons. The van der Waals surface area contributed by atoms with E-state index in [1.807, 2.05) is 36.4 Å². The Kier molecular flexibility index (Phi) is 3.61. The molecule has 1 amide bonds. The average Bonchev–Trinajstić information content (AvgIpc) is 3.29. The van der Waals surface area contributed by atoms with Gasteiger partial charge in [-0.2, -0.15) is 0 Å². The Balaban J connectivity index is 1.72. The number of benzene rings is 1. The van der Waals surface area contributed by atoms with Crippen LogP contribution < -0.4 is 10.2 Å². The first kappa shape index (κ1) is 15.2. The molecule has 1 aliphatic heterocycles. The summed E-state index contributed by atoms with van der Waals surface area (Å²) in [7, 11) is 0. The Morgan fingerprint density at radius 2 is 1.76 bits per heavy atom. The fraction of sp³-hybridized carbons (Fsp3) is 0.167. The minimum absolute atomic E-state index is 0.206. The lowest BCUT2D eigenvalue weighted by Gasteiger charge is -2.22. The molecule has 4 rings (SSSR count). The third-order valence-electron chi connectivity index (χ3n) is 3.95. The minimum atomic E-state index is -0.284. The van der Waals surface area contributed by atoms with Gasteiger partial charge in [-0.05, 0) is 25.5 Å². The number of nitrogens with zero attached hydrogens (tertiary/aromatic N) is 3. The van der Waals surface area contributed by atoms with E-state index in [2.05, 4.69) is 15.6 Å². The van der Waals surface area contributed by atoms with Crippen molar-refractivity contribution in [3.8, 4) is 0 Å². The molecule has 0 saturated carbocycles. The van der Waals surface area contributed by atoms with Crippen LogP contribution in [0, 0.1) is 13.8 Å². The number of amides is 1. The lowest BCUT2D eigenvalue weighted by Crippen LogP contribution is -2.31. The molecule has 2 aromatic heterocycles. The largest absolute Gasteiger partial charge is 0.360 e. The van der Waals surface area contributed by atoms with E-state index in [0.717, 1.165) is 5.56 Å². The SMILES string of the molecule is Cc1cc(NC2=CC(c3ccccc3)N(c3cc(C)on3)C2=O)no1. The van der Waals surface area contributed by atoms with Crippen molar-refractivity contribution in [1.82, 2.24) is 10.3 Å². The van der Waals surface area contributed by atoms with Gasteiger partial charge < -0.3 is 14.4 Å². The number of nitrogens with one attached hydrogen (secondary N) is 1. The maximum absolute atomic E-state index is 13.0. The summed E-state index contributed by atoms with van der Waals surface area (Å²) in [6.45, 7) is 3.58. The highest BCUT2D eigenvalue weighted by atomic mass is 16.5. The van der Waals surface area contributed by atoms with Gasteiger partial charge in [0, 0.05) is 12.1 Å². The van der Waals surface area contributed by atoms with E-state index in [1.165, 1.54) is 0 Å². The van der Waals surface area contributed by atoms with Crippen molar-refractivity contribution in [2.75, 3.05) is 10.2 Å². The first-order chi connectivity index (χ1) is 12.1. The van der Waals surface area contributed by atoms with Gasteiger partial charge in [-0.15, -0.1) is 0 Å².